The number of esters is 1. The maximum absolute atomic E-state index is 15.3. The third kappa shape index (κ3) is 6.16. The van der Waals surface area contributed by atoms with Crippen LogP contribution in [0.4, 0.5) is 4.39 Å². The molecular formula is C25H35FN4O5. The average molecular weight is 491 g/mol. The number of nitrogens with zero attached hydrogens (tertiary/aromatic N) is 4. The van der Waals surface area contributed by atoms with Crippen LogP contribution in [-0.4, -0.2) is 56.7 Å². The summed E-state index contributed by atoms with van der Waals surface area (Å²) in [6.45, 7) is 6.29. The molecule has 0 bridgehead atoms. The van der Waals surface area contributed by atoms with Crippen molar-refractivity contribution in [2.75, 3.05) is 6.61 Å². The lowest BCUT2D eigenvalue weighted by Gasteiger charge is -2.33. The van der Waals surface area contributed by atoms with E-state index in [0.717, 1.165) is 25.0 Å². The molecule has 0 N–H and O–H groups in total. The minimum atomic E-state index is -2.02. The van der Waals surface area contributed by atoms with E-state index < -0.39 is 17.7 Å². The van der Waals surface area contributed by atoms with Crippen LogP contribution in [0.5, 0.6) is 5.75 Å². The number of halogens is 1. The molecule has 2 aliphatic rings. The Morgan fingerprint density at radius 2 is 2.11 bits per heavy atom. The van der Waals surface area contributed by atoms with Gasteiger partial charge in [-0.25, -0.2) is 18.9 Å². The van der Waals surface area contributed by atoms with Crippen molar-refractivity contribution in [3.05, 3.63) is 23.5 Å². The monoisotopic (exact) mass is 490 g/mol. The smallest absolute Gasteiger partial charge is 0.344 e. The highest BCUT2D eigenvalue weighted by atomic mass is 19.1. The molecular weight excluding hydrogens is 455 g/mol. The van der Waals surface area contributed by atoms with Crippen molar-refractivity contribution in [1.82, 2.24) is 20.0 Å². The molecule has 3 atom stereocenters. The van der Waals surface area contributed by atoms with Crippen LogP contribution in [0.2, 0.25) is 0 Å². The lowest BCUT2D eigenvalue weighted by atomic mass is 9.84. The van der Waals surface area contributed by atoms with E-state index in [0.29, 0.717) is 48.9 Å². The Morgan fingerprint density at radius 3 is 2.83 bits per heavy atom. The fraction of sp³-hybridized carbons (Fsp3) is 0.680. The summed E-state index contributed by atoms with van der Waals surface area (Å²) in [4.78, 5) is 17.0. The summed E-state index contributed by atoms with van der Waals surface area (Å²) in [7, 11) is 1.82. The summed E-state index contributed by atoms with van der Waals surface area (Å²) in [6, 6.07) is 3.62. The number of aryl methyl sites for hydroxylation is 2. The first-order valence-electron chi connectivity index (χ1n) is 12.4. The van der Waals surface area contributed by atoms with E-state index in [1.54, 1.807) is 18.5 Å². The van der Waals surface area contributed by atoms with Gasteiger partial charge in [-0.3, -0.25) is 0 Å². The van der Waals surface area contributed by atoms with Crippen molar-refractivity contribution in [2.24, 2.45) is 7.05 Å². The number of rotatable bonds is 8. The van der Waals surface area contributed by atoms with Crippen LogP contribution in [0, 0.1) is 6.92 Å². The highest BCUT2D eigenvalue weighted by Crippen LogP contribution is 2.36. The first kappa shape index (κ1) is 25.5. The lowest BCUT2D eigenvalue weighted by Crippen LogP contribution is -2.44. The Hall–Kier alpha value is -2.59. The molecule has 192 valence electrons. The van der Waals surface area contributed by atoms with Gasteiger partial charge in [-0.15, -0.1) is 5.10 Å². The first-order chi connectivity index (χ1) is 16.7. The van der Waals surface area contributed by atoms with Crippen LogP contribution < -0.4 is 4.74 Å². The zero-order valence-electron chi connectivity index (χ0n) is 21.0. The fourth-order valence-corrected chi connectivity index (χ4v) is 4.52. The van der Waals surface area contributed by atoms with Crippen LogP contribution in [0.3, 0.4) is 0 Å². The van der Waals surface area contributed by atoms with E-state index in [1.807, 2.05) is 26.1 Å². The Balaban J connectivity index is 1.43. The summed E-state index contributed by atoms with van der Waals surface area (Å²) >= 11 is 0. The molecule has 9 nitrogen and oxygen atoms in total. The SMILES string of the molecule is Cc1nc(-c2nnn(C)c2COC2CCCCO2)ccc1OC1CCCC(F)(C(=O)OC(C)C)C1. The molecule has 2 fully saturated rings. The number of hydrogen-bond acceptors (Lipinski definition) is 8. The van der Waals surface area contributed by atoms with Crippen molar-refractivity contribution in [3.8, 4) is 17.1 Å². The summed E-state index contributed by atoms with van der Waals surface area (Å²) in [5, 5.41) is 8.43. The zero-order valence-corrected chi connectivity index (χ0v) is 21.0. The van der Waals surface area contributed by atoms with E-state index >= 15 is 4.39 Å². The topological polar surface area (TPSA) is 97.6 Å². The minimum Gasteiger partial charge on any atom is -0.488 e. The Morgan fingerprint density at radius 1 is 1.29 bits per heavy atom. The first-order valence-corrected chi connectivity index (χ1v) is 12.4. The van der Waals surface area contributed by atoms with E-state index in [-0.39, 0.29) is 25.2 Å². The number of carbonyl (C=O) groups excluding carboxylic acids is 1. The van der Waals surface area contributed by atoms with Crippen LogP contribution in [-0.2, 0) is 32.7 Å². The van der Waals surface area contributed by atoms with Gasteiger partial charge in [-0.05, 0) is 71.4 Å². The van der Waals surface area contributed by atoms with Gasteiger partial charge in [0, 0.05) is 20.1 Å². The zero-order chi connectivity index (χ0) is 25.0. The Bertz CT molecular complexity index is 1020. The van der Waals surface area contributed by atoms with Crippen LogP contribution >= 0.6 is 0 Å². The van der Waals surface area contributed by atoms with Gasteiger partial charge in [-0.1, -0.05) is 5.21 Å². The van der Waals surface area contributed by atoms with E-state index in [4.69, 9.17) is 18.9 Å². The molecule has 1 saturated heterocycles. The molecule has 3 heterocycles. The molecule has 1 saturated carbocycles. The summed E-state index contributed by atoms with van der Waals surface area (Å²) in [5.41, 5.74) is 0.712. The second-order valence-corrected chi connectivity index (χ2v) is 9.65. The maximum Gasteiger partial charge on any atom is 0.344 e. The summed E-state index contributed by atoms with van der Waals surface area (Å²) < 4.78 is 39.8. The summed E-state index contributed by atoms with van der Waals surface area (Å²) in [5.74, 6) is -0.250. The number of ether oxygens (including phenoxy) is 4. The number of pyridine rings is 1. The molecule has 0 radical (unpaired) electrons. The van der Waals surface area contributed by atoms with Crippen molar-refractivity contribution in [2.45, 2.75) is 96.5 Å². The van der Waals surface area contributed by atoms with Gasteiger partial charge in [0.15, 0.2) is 6.29 Å². The van der Waals surface area contributed by atoms with E-state index in [9.17, 15) is 4.79 Å². The van der Waals surface area contributed by atoms with Crippen molar-refractivity contribution in [1.29, 1.82) is 0 Å². The van der Waals surface area contributed by atoms with Gasteiger partial charge < -0.3 is 18.9 Å². The van der Waals surface area contributed by atoms with Crippen molar-refractivity contribution < 1.29 is 28.1 Å². The Labute approximate surface area is 205 Å². The molecule has 10 heteroatoms. The molecule has 2 aromatic heterocycles. The summed E-state index contributed by atoms with van der Waals surface area (Å²) in [6.07, 6.45) is 3.35. The molecule has 0 aromatic carbocycles. The van der Waals surface area contributed by atoms with Crippen molar-refractivity contribution in [3.63, 3.8) is 0 Å². The van der Waals surface area contributed by atoms with Crippen LogP contribution in [0.1, 0.15) is 70.2 Å². The largest absolute Gasteiger partial charge is 0.488 e. The van der Waals surface area contributed by atoms with Gasteiger partial charge in [0.1, 0.15) is 17.5 Å². The second-order valence-electron chi connectivity index (χ2n) is 9.65. The fourth-order valence-electron chi connectivity index (χ4n) is 4.52. The van der Waals surface area contributed by atoms with Gasteiger partial charge >= 0.3 is 5.97 Å². The van der Waals surface area contributed by atoms with E-state index in [2.05, 4.69) is 15.3 Å². The van der Waals surface area contributed by atoms with Crippen LogP contribution in [0.15, 0.2) is 12.1 Å². The third-order valence-corrected chi connectivity index (χ3v) is 6.42. The molecule has 1 aliphatic carbocycles. The molecule has 2 aromatic rings. The molecule has 1 aliphatic heterocycles. The molecule has 4 rings (SSSR count). The van der Waals surface area contributed by atoms with Gasteiger partial charge in [-0.2, -0.15) is 0 Å². The van der Waals surface area contributed by atoms with E-state index in [1.165, 1.54) is 0 Å². The van der Waals surface area contributed by atoms with Gasteiger partial charge in [0.25, 0.3) is 0 Å². The lowest BCUT2D eigenvalue weighted by molar-refractivity contribution is -0.169. The van der Waals surface area contributed by atoms with Crippen LogP contribution in [0.25, 0.3) is 11.4 Å². The number of hydrogen-bond donors (Lipinski definition) is 0. The van der Waals surface area contributed by atoms with Crippen molar-refractivity contribution >= 4 is 5.97 Å². The number of carbonyl (C=O) groups is 1. The second kappa shape index (κ2) is 11.0. The normalized spacial score (nSPS) is 25.0. The Kier molecular flexibility index (Phi) is 8.01. The molecule has 35 heavy (non-hydrogen) atoms. The highest BCUT2D eigenvalue weighted by molar-refractivity contribution is 5.79. The standard InChI is InChI=1S/C25H35FN4O5/c1-16(2)34-24(31)25(26)12-7-8-18(14-25)35-21-11-10-19(27-17(21)3)23-20(30(4)29-28-23)15-33-22-9-5-6-13-32-22/h10-11,16,18,22H,5-9,12-15H2,1-4H3. The predicted octanol–water partition coefficient (Wildman–Crippen LogP) is 4.21. The molecule has 0 amide bonds. The maximum atomic E-state index is 15.3. The third-order valence-electron chi connectivity index (χ3n) is 6.42. The highest BCUT2D eigenvalue weighted by Gasteiger charge is 2.46. The minimum absolute atomic E-state index is 0.0331. The van der Waals surface area contributed by atoms with Gasteiger partial charge in [0.2, 0.25) is 5.67 Å². The molecule has 3 unspecified atom stereocenters. The molecule has 0 spiro atoms. The average Bonchev–Trinajstić information content (AvgIpc) is 3.19. The number of aromatic nitrogens is 4. The van der Waals surface area contributed by atoms with Gasteiger partial charge in [0.05, 0.1) is 29.8 Å². The quantitative estimate of drug-likeness (QED) is 0.508. The predicted molar refractivity (Wildman–Crippen MR) is 125 cm³/mol. The number of alkyl halides is 1.